The van der Waals surface area contributed by atoms with Crippen LogP contribution in [0.1, 0.15) is 17.5 Å². The van der Waals surface area contributed by atoms with Crippen LogP contribution >= 0.6 is 11.6 Å². The lowest BCUT2D eigenvalue weighted by atomic mass is 10.1. The van der Waals surface area contributed by atoms with Crippen LogP contribution in [0.15, 0.2) is 18.2 Å². The van der Waals surface area contributed by atoms with E-state index in [1.165, 1.54) is 12.1 Å². The van der Waals surface area contributed by atoms with E-state index in [2.05, 4.69) is 0 Å². The summed E-state index contributed by atoms with van der Waals surface area (Å²) < 4.78 is 37.2. The smallest absolute Gasteiger partial charge is 0.303 e. The molecule has 0 saturated carbocycles. The monoisotopic (exact) mass is 236 g/mol. The Bertz CT molecular complexity index is 360. The number of hydrogen-bond donors (Lipinski definition) is 0. The van der Waals surface area contributed by atoms with Crippen LogP contribution < -0.4 is 0 Å². The lowest BCUT2D eigenvalue weighted by Crippen LogP contribution is -2.07. The van der Waals surface area contributed by atoms with Gasteiger partial charge in [0.15, 0.2) is 0 Å². The molecule has 0 aliphatic rings. The van der Waals surface area contributed by atoms with Gasteiger partial charge in [0.25, 0.3) is 0 Å². The fraction of sp³-hybridized carbons (Fsp3) is 0.300. The fourth-order valence-electron chi connectivity index (χ4n) is 1.21. The second-order valence-corrected chi connectivity index (χ2v) is 3.36. The van der Waals surface area contributed by atoms with E-state index >= 15 is 0 Å². The molecule has 5 heteroatoms. The first-order valence-electron chi connectivity index (χ1n) is 4.25. The van der Waals surface area contributed by atoms with Crippen molar-refractivity contribution in [2.75, 3.05) is 0 Å². The zero-order valence-corrected chi connectivity index (χ0v) is 8.40. The van der Waals surface area contributed by atoms with Crippen LogP contribution in [0.2, 0.25) is 5.02 Å². The molecular formula is C10H8ClF3O. The molecule has 0 aromatic heterocycles. The Morgan fingerprint density at radius 1 is 1.33 bits per heavy atom. The third-order valence-electron chi connectivity index (χ3n) is 1.92. The number of benzene rings is 1. The first-order valence-corrected chi connectivity index (χ1v) is 4.63. The highest BCUT2D eigenvalue weighted by molar-refractivity contribution is 6.32. The number of rotatable bonds is 3. The molecule has 0 amide bonds. The van der Waals surface area contributed by atoms with Gasteiger partial charge in [-0.25, -0.2) is 0 Å². The predicted molar refractivity (Wildman–Crippen MR) is 50.8 cm³/mol. The molecule has 15 heavy (non-hydrogen) atoms. The molecule has 0 heterocycles. The Labute approximate surface area is 89.9 Å². The van der Waals surface area contributed by atoms with Crippen molar-refractivity contribution >= 4 is 17.9 Å². The van der Waals surface area contributed by atoms with Gasteiger partial charge in [-0.2, -0.15) is 13.2 Å². The van der Waals surface area contributed by atoms with Gasteiger partial charge in [0.2, 0.25) is 0 Å². The second-order valence-electron chi connectivity index (χ2n) is 2.98. The minimum Gasteiger partial charge on any atom is -0.303 e. The van der Waals surface area contributed by atoms with E-state index in [4.69, 9.17) is 11.6 Å². The molecule has 0 spiro atoms. The first kappa shape index (κ1) is 12.0. The van der Waals surface area contributed by atoms with Crippen molar-refractivity contribution < 1.29 is 18.0 Å². The summed E-state index contributed by atoms with van der Waals surface area (Å²) >= 11 is 5.59. The van der Waals surface area contributed by atoms with Crippen molar-refractivity contribution in [3.63, 3.8) is 0 Å². The predicted octanol–water partition coefficient (Wildman–Crippen LogP) is 3.49. The highest BCUT2D eigenvalue weighted by Gasteiger charge is 2.33. The fourth-order valence-corrected chi connectivity index (χ4v) is 1.53. The average molecular weight is 237 g/mol. The normalized spacial score (nSPS) is 11.5. The molecule has 0 atom stereocenters. The molecule has 0 saturated heterocycles. The lowest BCUT2D eigenvalue weighted by Gasteiger charge is -2.11. The highest BCUT2D eigenvalue weighted by atomic mass is 35.5. The van der Waals surface area contributed by atoms with Crippen molar-refractivity contribution in [1.82, 2.24) is 0 Å². The quantitative estimate of drug-likeness (QED) is 0.735. The van der Waals surface area contributed by atoms with E-state index in [0.29, 0.717) is 11.8 Å². The summed E-state index contributed by atoms with van der Waals surface area (Å²) in [5.74, 6) is 0. The number of aldehydes is 1. The minimum atomic E-state index is -4.45. The zero-order valence-electron chi connectivity index (χ0n) is 7.64. The summed E-state index contributed by atoms with van der Waals surface area (Å²) in [7, 11) is 0. The molecule has 1 aromatic carbocycles. The third-order valence-corrected chi connectivity index (χ3v) is 2.36. The van der Waals surface area contributed by atoms with Gasteiger partial charge in [0.05, 0.1) is 10.6 Å². The summed E-state index contributed by atoms with van der Waals surface area (Å²) in [4.78, 5) is 10.1. The van der Waals surface area contributed by atoms with Crippen molar-refractivity contribution in [2.24, 2.45) is 0 Å². The molecular weight excluding hydrogens is 229 g/mol. The number of alkyl halides is 3. The summed E-state index contributed by atoms with van der Waals surface area (Å²) in [6.07, 6.45) is -3.40. The summed E-state index contributed by atoms with van der Waals surface area (Å²) in [5.41, 5.74) is -0.508. The number of carbonyl (C=O) groups excluding carboxylic acids is 1. The van der Waals surface area contributed by atoms with Gasteiger partial charge in [-0.15, -0.1) is 0 Å². The first-order chi connectivity index (χ1) is 6.96. The third kappa shape index (κ3) is 2.96. The Morgan fingerprint density at radius 3 is 2.53 bits per heavy atom. The Balaban J connectivity index is 3.06. The van der Waals surface area contributed by atoms with Gasteiger partial charge in [-0.3, -0.25) is 0 Å². The molecule has 0 bridgehead atoms. The molecule has 0 radical (unpaired) electrons. The largest absolute Gasteiger partial charge is 0.417 e. The number of hydrogen-bond acceptors (Lipinski definition) is 1. The zero-order chi connectivity index (χ0) is 11.5. The molecule has 82 valence electrons. The van der Waals surface area contributed by atoms with Gasteiger partial charge < -0.3 is 4.79 Å². The van der Waals surface area contributed by atoms with E-state index in [1.54, 1.807) is 0 Å². The van der Waals surface area contributed by atoms with Gasteiger partial charge in [-0.1, -0.05) is 23.7 Å². The van der Waals surface area contributed by atoms with E-state index < -0.39 is 11.7 Å². The Hall–Kier alpha value is -1.03. The standard InChI is InChI=1S/C10H8ClF3O/c11-9-7(4-2-6-15)3-1-5-8(9)10(12,13)14/h1,3,5-6H,2,4H2. The number of halogens is 4. The van der Waals surface area contributed by atoms with Crippen LogP contribution in [0.25, 0.3) is 0 Å². The van der Waals surface area contributed by atoms with Crippen LogP contribution in [-0.2, 0) is 17.4 Å². The maximum Gasteiger partial charge on any atom is 0.417 e. The number of carbonyl (C=O) groups is 1. The molecule has 0 aliphatic carbocycles. The van der Waals surface area contributed by atoms with Gasteiger partial charge >= 0.3 is 6.18 Å². The maximum atomic E-state index is 12.4. The Kier molecular flexibility index (Phi) is 3.74. The summed E-state index contributed by atoms with van der Waals surface area (Å²) in [6, 6.07) is 3.70. The molecule has 0 unspecified atom stereocenters. The van der Waals surface area contributed by atoms with Crippen molar-refractivity contribution in [3.8, 4) is 0 Å². The van der Waals surface area contributed by atoms with Gasteiger partial charge in [-0.05, 0) is 18.1 Å². The van der Waals surface area contributed by atoms with Crippen LogP contribution in [0.4, 0.5) is 13.2 Å². The Morgan fingerprint density at radius 2 is 2.00 bits per heavy atom. The van der Waals surface area contributed by atoms with Crippen LogP contribution in [-0.4, -0.2) is 6.29 Å². The van der Waals surface area contributed by atoms with Crippen molar-refractivity contribution in [2.45, 2.75) is 19.0 Å². The molecule has 0 fully saturated rings. The van der Waals surface area contributed by atoms with Crippen LogP contribution in [0, 0.1) is 0 Å². The minimum absolute atomic E-state index is 0.168. The summed E-state index contributed by atoms with van der Waals surface area (Å²) in [6.45, 7) is 0. The number of aryl methyl sites for hydroxylation is 1. The van der Waals surface area contributed by atoms with E-state index in [-0.39, 0.29) is 17.9 Å². The molecule has 1 rings (SSSR count). The maximum absolute atomic E-state index is 12.4. The highest BCUT2D eigenvalue weighted by Crippen LogP contribution is 2.36. The van der Waals surface area contributed by atoms with E-state index in [1.807, 2.05) is 0 Å². The topological polar surface area (TPSA) is 17.1 Å². The van der Waals surface area contributed by atoms with Crippen molar-refractivity contribution in [3.05, 3.63) is 34.3 Å². The van der Waals surface area contributed by atoms with Gasteiger partial charge in [0.1, 0.15) is 6.29 Å². The van der Waals surface area contributed by atoms with E-state index in [9.17, 15) is 18.0 Å². The molecule has 0 aliphatic heterocycles. The van der Waals surface area contributed by atoms with Crippen LogP contribution in [0.5, 0.6) is 0 Å². The van der Waals surface area contributed by atoms with Gasteiger partial charge in [0, 0.05) is 6.42 Å². The van der Waals surface area contributed by atoms with E-state index in [0.717, 1.165) is 6.07 Å². The van der Waals surface area contributed by atoms with Crippen molar-refractivity contribution in [1.29, 1.82) is 0 Å². The lowest BCUT2D eigenvalue weighted by molar-refractivity contribution is -0.137. The second kappa shape index (κ2) is 4.66. The average Bonchev–Trinajstić information content (AvgIpc) is 2.14. The molecule has 0 N–H and O–H groups in total. The molecule has 1 aromatic rings. The van der Waals surface area contributed by atoms with Crippen LogP contribution in [0.3, 0.4) is 0 Å². The SMILES string of the molecule is O=CCCc1cccc(C(F)(F)F)c1Cl. The molecule has 1 nitrogen and oxygen atoms in total. The summed E-state index contributed by atoms with van der Waals surface area (Å²) in [5, 5.41) is -0.313.